The van der Waals surface area contributed by atoms with Gasteiger partial charge in [0.15, 0.2) is 0 Å². The number of amides is 3. The number of cyclic esters (lactones) is 1. The molecule has 1 fully saturated rings. The van der Waals surface area contributed by atoms with Gasteiger partial charge < -0.3 is 20.5 Å². The van der Waals surface area contributed by atoms with Crippen LogP contribution in [-0.2, 0) is 4.74 Å². The number of urea groups is 1. The summed E-state index contributed by atoms with van der Waals surface area (Å²) in [6, 6.07) is 15.2. The van der Waals surface area contributed by atoms with Crippen LogP contribution in [0.2, 0.25) is 0 Å². The average molecular weight is 341 g/mol. The Bertz CT molecular complexity index is 751. The summed E-state index contributed by atoms with van der Waals surface area (Å²) < 4.78 is 4.92. The smallest absolute Gasteiger partial charge is 0.414 e. The van der Waals surface area contributed by atoms with Crippen molar-refractivity contribution in [2.24, 2.45) is 0 Å². The number of ether oxygens (including phenoxy) is 1. The molecule has 0 saturated carbocycles. The standard InChI is InChI=1S/C18H19N3O4/c22-12-16(13-5-2-1-3-6-13)20-17(23)19-14-7-4-8-15(11-14)21-9-10-25-18(21)24/h1-8,11,16,22H,9-10,12H2,(H2,19,20,23)/t16-/m1/s1. The van der Waals surface area contributed by atoms with Crippen LogP contribution < -0.4 is 15.5 Å². The van der Waals surface area contributed by atoms with Gasteiger partial charge in [0.05, 0.1) is 19.2 Å². The molecule has 0 unspecified atom stereocenters. The first kappa shape index (κ1) is 16.8. The number of rotatable bonds is 5. The molecule has 0 radical (unpaired) electrons. The Morgan fingerprint density at radius 2 is 2.00 bits per heavy atom. The maximum atomic E-state index is 12.2. The van der Waals surface area contributed by atoms with Crippen molar-refractivity contribution in [1.82, 2.24) is 5.32 Å². The van der Waals surface area contributed by atoms with Crippen molar-refractivity contribution < 1.29 is 19.4 Å². The maximum absolute atomic E-state index is 12.2. The van der Waals surface area contributed by atoms with Gasteiger partial charge in [-0.3, -0.25) is 4.90 Å². The van der Waals surface area contributed by atoms with Gasteiger partial charge in [-0.1, -0.05) is 36.4 Å². The van der Waals surface area contributed by atoms with Crippen LogP contribution in [0.4, 0.5) is 21.0 Å². The molecule has 2 aromatic rings. The first-order chi connectivity index (χ1) is 12.2. The lowest BCUT2D eigenvalue weighted by molar-refractivity contribution is 0.181. The number of benzene rings is 2. The average Bonchev–Trinajstić information content (AvgIpc) is 3.06. The van der Waals surface area contributed by atoms with Gasteiger partial charge in [-0.2, -0.15) is 0 Å². The summed E-state index contributed by atoms with van der Waals surface area (Å²) in [5.41, 5.74) is 2.01. The van der Waals surface area contributed by atoms with E-state index in [1.165, 1.54) is 4.90 Å². The van der Waals surface area contributed by atoms with E-state index in [1.54, 1.807) is 24.3 Å². The molecule has 7 nitrogen and oxygen atoms in total. The molecule has 0 aromatic heterocycles. The van der Waals surface area contributed by atoms with Crippen LogP contribution in [0.1, 0.15) is 11.6 Å². The summed E-state index contributed by atoms with van der Waals surface area (Å²) in [5.74, 6) is 0. The molecule has 3 rings (SSSR count). The molecule has 130 valence electrons. The fourth-order valence-electron chi connectivity index (χ4n) is 2.62. The highest BCUT2D eigenvalue weighted by molar-refractivity contribution is 5.93. The second kappa shape index (κ2) is 7.67. The molecule has 1 atom stereocenters. The predicted molar refractivity (Wildman–Crippen MR) is 93.6 cm³/mol. The van der Waals surface area contributed by atoms with E-state index in [0.29, 0.717) is 24.5 Å². The van der Waals surface area contributed by atoms with Crippen LogP contribution in [0.15, 0.2) is 54.6 Å². The van der Waals surface area contributed by atoms with Gasteiger partial charge in [0.25, 0.3) is 0 Å². The van der Waals surface area contributed by atoms with Gasteiger partial charge in [0, 0.05) is 11.4 Å². The molecular weight excluding hydrogens is 322 g/mol. The van der Waals surface area contributed by atoms with Gasteiger partial charge in [-0.25, -0.2) is 9.59 Å². The third-order valence-electron chi connectivity index (χ3n) is 3.87. The minimum absolute atomic E-state index is 0.211. The lowest BCUT2D eigenvalue weighted by Gasteiger charge is -2.18. The fourth-order valence-corrected chi connectivity index (χ4v) is 2.62. The van der Waals surface area contributed by atoms with Crippen LogP contribution in [0.3, 0.4) is 0 Å². The molecule has 1 aliphatic rings. The van der Waals surface area contributed by atoms with Crippen molar-refractivity contribution in [2.75, 3.05) is 30.0 Å². The number of anilines is 2. The van der Waals surface area contributed by atoms with E-state index in [-0.39, 0.29) is 6.61 Å². The summed E-state index contributed by atoms with van der Waals surface area (Å²) in [6.07, 6.45) is -0.397. The minimum atomic E-state index is -0.502. The predicted octanol–water partition coefficient (Wildman–Crippen LogP) is 2.50. The number of nitrogens with zero attached hydrogens (tertiary/aromatic N) is 1. The summed E-state index contributed by atoms with van der Waals surface area (Å²) >= 11 is 0. The van der Waals surface area contributed by atoms with Gasteiger partial charge in [-0.15, -0.1) is 0 Å². The topological polar surface area (TPSA) is 90.9 Å². The fraction of sp³-hybridized carbons (Fsp3) is 0.222. The van der Waals surface area contributed by atoms with Crippen LogP contribution in [0.5, 0.6) is 0 Å². The molecule has 0 bridgehead atoms. The highest BCUT2D eigenvalue weighted by atomic mass is 16.6. The molecular formula is C18H19N3O4. The van der Waals surface area contributed by atoms with Crippen LogP contribution in [-0.4, -0.2) is 37.0 Å². The zero-order valence-electron chi connectivity index (χ0n) is 13.5. The van der Waals surface area contributed by atoms with E-state index in [2.05, 4.69) is 10.6 Å². The Morgan fingerprint density at radius 3 is 2.68 bits per heavy atom. The molecule has 25 heavy (non-hydrogen) atoms. The molecule has 2 aromatic carbocycles. The summed E-state index contributed by atoms with van der Waals surface area (Å²) in [6.45, 7) is 0.623. The normalized spacial score (nSPS) is 14.8. The number of aliphatic hydroxyl groups is 1. The highest BCUT2D eigenvalue weighted by Crippen LogP contribution is 2.22. The maximum Gasteiger partial charge on any atom is 0.414 e. The third-order valence-corrected chi connectivity index (χ3v) is 3.87. The number of carbonyl (C=O) groups excluding carboxylic acids is 2. The van der Waals surface area contributed by atoms with E-state index in [9.17, 15) is 14.7 Å². The summed E-state index contributed by atoms with van der Waals surface area (Å²) in [7, 11) is 0. The third kappa shape index (κ3) is 4.07. The van der Waals surface area contributed by atoms with Gasteiger partial charge in [0.2, 0.25) is 0 Å². The van der Waals surface area contributed by atoms with E-state index < -0.39 is 18.2 Å². The van der Waals surface area contributed by atoms with Crippen LogP contribution >= 0.6 is 0 Å². The summed E-state index contributed by atoms with van der Waals surface area (Å²) in [5, 5.41) is 14.9. The second-order valence-electron chi connectivity index (χ2n) is 5.56. The van der Waals surface area contributed by atoms with Crippen molar-refractivity contribution in [3.8, 4) is 0 Å². The van der Waals surface area contributed by atoms with E-state index in [0.717, 1.165) is 5.56 Å². The quantitative estimate of drug-likeness (QED) is 0.779. The van der Waals surface area contributed by atoms with Crippen molar-refractivity contribution in [2.45, 2.75) is 6.04 Å². The SMILES string of the molecule is O=C(Nc1cccc(N2CCOC2=O)c1)N[C@H](CO)c1ccccc1. The Morgan fingerprint density at radius 1 is 1.20 bits per heavy atom. The number of hydrogen-bond donors (Lipinski definition) is 3. The van der Waals surface area contributed by atoms with Gasteiger partial charge >= 0.3 is 12.1 Å². The van der Waals surface area contributed by atoms with Crippen molar-refractivity contribution in [3.05, 3.63) is 60.2 Å². The largest absolute Gasteiger partial charge is 0.447 e. The number of carbonyl (C=O) groups is 2. The summed E-state index contributed by atoms with van der Waals surface area (Å²) in [4.78, 5) is 25.3. The first-order valence-electron chi connectivity index (χ1n) is 7.95. The molecule has 0 aliphatic carbocycles. The Labute approximate surface area is 145 Å². The molecule has 1 heterocycles. The molecule has 3 amide bonds. The molecule has 1 saturated heterocycles. The second-order valence-corrected chi connectivity index (χ2v) is 5.56. The van der Waals surface area contributed by atoms with E-state index in [1.807, 2.05) is 30.3 Å². The Balaban J connectivity index is 1.65. The van der Waals surface area contributed by atoms with Crippen LogP contribution in [0.25, 0.3) is 0 Å². The number of nitrogens with one attached hydrogen (secondary N) is 2. The minimum Gasteiger partial charge on any atom is -0.447 e. The number of aliphatic hydroxyl groups excluding tert-OH is 1. The van der Waals surface area contributed by atoms with E-state index in [4.69, 9.17) is 4.74 Å². The lowest BCUT2D eigenvalue weighted by atomic mass is 10.1. The Kier molecular flexibility index (Phi) is 5.15. The van der Waals surface area contributed by atoms with E-state index >= 15 is 0 Å². The number of hydrogen-bond acceptors (Lipinski definition) is 4. The molecule has 1 aliphatic heterocycles. The van der Waals surface area contributed by atoms with Crippen LogP contribution in [0, 0.1) is 0 Å². The highest BCUT2D eigenvalue weighted by Gasteiger charge is 2.23. The first-order valence-corrected chi connectivity index (χ1v) is 7.95. The van der Waals surface area contributed by atoms with Gasteiger partial charge in [0.1, 0.15) is 6.61 Å². The zero-order valence-corrected chi connectivity index (χ0v) is 13.5. The monoisotopic (exact) mass is 341 g/mol. The lowest BCUT2D eigenvalue weighted by Crippen LogP contribution is -2.34. The Hall–Kier alpha value is -3.06. The molecule has 7 heteroatoms. The van der Waals surface area contributed by atoms with Crippen molar-refractivity contribution >= 4 is 23.5 Å². The van der Waals surface area contributed by atoms with Crippen molar-refractivity contribution in [3.63, 3.8) is 0 Å². The zero-order chi connectivity index (χ0) is 17.6. The van der Waals surface area contributed by atoms with Crippen molar-refractivity contribution in [1.29, 1.82) is 0 Å². The molecule has 0 spiro atoms. The molecule has 3 N–H and O–H groups in total. The van der Waals surface area contributed by atoms with Gasteiger partial charge in [-0.05, 0) is 23.8 Å².